The molecule has 0 spiro atoms. The molecule has 2 rings (SSSR count). The minimum atomic E-state index is 0.707. The first-order valence-electron chi connectivity index (χ1n) is 5.07. The van der Waals surface area contributed by atoms with Gasteiger partial charge in [-0.3, -0.25) is 0 Å². The van der Waals surface area contributed by atoms with E-state index >= 15 is 0 Å². The first kappa shape index (κ1) is 11.1. The van der Waals surface area contributed by atoms with Gasteiger partial charge in [-0.15, -0.1) is 0 Å². The molecule has 4 heteroatoms. The number of thioether (sulfide) groups is 1. The molecule has 0 fully saturated rings. The summed E-state index contributed by atoms with van der Waals surface area (Å²) in [6.45, 7) is 3.86. The fraction of sp³-hybridized carbons (Fsp3) is 0.250. The van der Waals surface area contributed by atoms with Crippen molar-refractivity contribution in [1.29, 1.82) is 0 Å². The lowest BCUT2D eigenvalue weighted by Crippen LogP contribution is -1.91. The van der Waals surface area contributed by atoms with Crippen LogP contribution in [0.1, 0.15) is 17.0 Å². The fourth-order valence-corrected chi connectivity index (χ4v) is 2.24. The predicted octanol–water partition coefficient (Wildman–Crippen LogP) is 3.17. The molecule has 16 heavy (non-hydrogen) atoms. The summed E-state index contributed by atoms with van der Waals surface area (Å²) >= 11 is 1.56. The molecule has 2 aromatic rings. The highest BCUT2D eigenvalue weighted by Gasteiger charge is 2.07. The van der Waals surface area contributed by atoms with Gasteiger partial charge in [-0.05, 0) is 25.5 Å². The third-order valence-electron chi connectivity index (χ3n) is 2.42. The van der Waals surface area contributed by atoms with Crippen LogP contribution in [0.15, 0.2) is 33.9 Å². The van der Waals surface area contributed by atoms with Crippen LogP contribution >= 0.6 is 11.8 Å². The van der Waals surface area contributed by atoms with E-state index in [9.17, 15) is 0 Å². The van der Waals surface area contributed by atoms with Crippen molar-refractivity contribution < 1.29 is 4.42 Å². The number of hydrogen-bond acceptors (Lipinski definition) is 4. The van der Waals surface area contributed by atoms with Crippen LogP contribution in [-0.2, 0) is 5.75 Å². The van der Waals surface area contributed by atoms with Crippen molar-refractivity contribution in [2.45, 2.75) is 24.8 Å². The molecular formula is C12H14N2OS. The summed E-state index contributed by atoms with van der Waals surface area (Å²) in [5.74, 6) is 1.66. The molecule has 84 valence electrons. The molecule has 0 bridgehead atoms. The van der Waals surface area contributed by atoms with E-state index in [0.29, 0.717) is 5.22 Å². The second kappa shape index (κ2) is 4.61. The molecule has 0 atom stereocenters. The maximum atomic E-state index is 5.86. The number of aryl methyl sites for hydroxylation is 2. The van der Waals surface area contributed by atoms with E-state index in [2.05, 4.69) is 4.98 Å². The molecule has 0 saturated carbocycles. The van der Waals surface area contributed by atoms with Crippen LogP contribution in [0.5, 0.6) is 0 Å². The van der Waals surface area contributed by atoms with Crippen LogP contribution in [-0.4, -0.2) is 4.98 Å². The van der Waals surface area contributed by atoms with Gasteiger partial charge in [0.25, 0.3) is 5.22 Å². The van der Waals surface area contributed by atoms with Crippen molar-refractivity contribution in [3.8, 4) is 0 Å². The van der Waals surface area contributed by atoms with Crippen LogP contribution in [0.25, 0.3) is 0 Å². The molecule has 0 unspecified atom stereocenters. The molecule has 0 radical (unpaired) electrons. The number of nitrogens with two attached hydrogens (primary N) is 1. The van der Waals surface area contributed by atoms with Crippen LogP contribution in [0.2, 0.25) is 0 Å². The number of aromatic nitrogens is 1. The fourth-order valence-electron chi connectivity index (χ4n) is 1.31. The maximum Gasteiger partial charge on any atom is 0.256 e. The Balaban J connectivity index is 2.05. The van der Waals surface area contributed by atoms with Crippen molar-refractivity contribution in [2.24, 2.45) is 0 Å². The predicted molar refractivity (Wildman–Crippen MR) is 66.4 cm³/mol. The zero-order chi connectivity index (χ0) is 11.5. The molecule has 0 aliphatic heterocycles. The zero-order valence-corrected chi connectivity index (χ0v) is 10.2. The number of benzene rings is 1. The average molecular weight is 234 g/mol. The highest BCUT2D eigenvalue weighted by Crippen LogP contribution is 2.26. The number of oxazole rings is 1. The molecule has 0 aliphatic carbocycles. The third kappa shape index (κ3) is 2.39. The van der Waals surface area contributed by atoms with Crippen LogP contribution < -0.4 is 5.73 Å². The van der Waals surface area contributed by atoms with Gasteiger partial charge in [0, 0.05) is 11.4 Å². The highest BCUT2D eigenvalue weighted by molar-refractivity contribution is 7.98. The Morgan fingerprint density at radius 2 is 2.06 bits per heavy atom. The Morgan fingerprint density at radius 3 is 2.69 bits per heavy atom. The quantitative estimate of drug-likeness (QED) is 0.654. The van der Waals surface area contributed by atoms with E-state index < -0.39 is 0 Å². The third-order valence-corrected chi connectivity index (χ3v) is 3.29. The van der Waals surface area contributed by atoms with Crippen molar-refractivity contribution >= 4 is 17.4 Å². The first-order valence-corrected chi connectivity index (χ1v) is 6.05. The van der Waals surface area contributed by atoms with Crippen molar-refractivity contribution in [3.05, 3.63) is 41.3 Å². The minimum Gasteiger partial charge on any atom is -0.437 e. The summed E-state index contributed by atoms with van der Waals surface area (Å²) in [4.78, 5) is 4.31. The van der Waals surface area contributed by atoms with Crippen LogP contribution in [0, 0.1) is 13.8 Å². The molecule has 0 aliphatic rings. The van der Waals surface area contributed by atoms with E-state index in [4.69, 9.17) is 10.2 Å². The summed E-state index contributed by atoms with van der Waals surface area (Å²) in [5, 5.41) is 0.707. The molecule has 1 aromatic carbocycles. The lowest BCUT2D eigenvalue weighted by molar-refractivity contribution is 0.431. The van der Waals surface area contributed by atoms with Gasteiger partial charge in [-0.2, -0.15) is 0 Å². The van der Waals surface area contributed by atoms with Gasteiger partial charge in [0.15, 0.2) is 0 Å². The summed E-state index contributed by atoms with van der Waals surface area (Å²) in [6.07, 6.45) is 0. The second-order valence-electron chi connectivity index (χ2n) is 3.61. The largest absolute Gasteiger partial charge is 0.437 e. The molecule has 0 amide bonds. The van der Waals surface area contributed by atoms with Gasteiger partial charge in [-0.25, -0.2) is 4.98 Å². The SMILES string of the molecule is Cc1nc(SCc2ccccc2N)oc1C. The highest BCUT2D eigenvalue weighted by atomic mass is 32.2. The Labute approximate surface area is 99.1 Å². The zero-order valence-electron chi connectivity index (χ0n) is 9.36. The molecule has 2 N–H and O–H groups in total. The Morgan fingerprint density at radius 1 is 1.31 bits per heavy atom. The lowest BCUT2D eigenvalue weighted by atomic mass is 10.2. The normalized spacial score (nSPS) is 10.6. The minimum absolute atomic E-state index is 0.707. The summed E-state index contributed by atoms with van der Waals surface area (Å²) in [7, 11) is 0. The van der Waals surface area contributed by atoms with E-state index in [-0.39, 0.29) is 0 Å². The van der Waals surface area contributed by atoms with Gasteiger partial charge in [0.2, 0.25) is 0 Å². The number of anilines is 1. The average Bonchev–Trinajstić information content (AvgIpc) is 2.57. The van der Waals surface area contributed by atoms with Crippen molar-refractivity contribution in [3.63, 3.8) is 0 Å². The van der Waals surface area contributed by atoms with Crippen LogP contribution in [0.4, 0.5) is 5.69 Å². The summed E-state index contributed by atoms with van der Waals surface area (Å²) in [5.41, 5.74) is 8.73. The van der Waals surface area contributed by atoms with Gasteiger partial charge in [-0.1, -0.05) is 30.0 Å². The van der Waals surface area contributed by atoms with Gasteiger partial charge >= 0.3 is 0 Å². The van der Waals surface area contributed by atoms with E-state index in [0.717, 1.165) is 28.5 Å². The van der Waals surface area contributed by atoms with Crippen LogP contribution in [0.3, 0.4) is 0 Å². The first-order chi connectivity index (χ1) is 7.66. The Kier molecular flexibility index (Phi) is 3.19. The summed E-state index contributed by atoms with van der Waals surface area (Å²) < 4.78 is 5.49. The van der Waals surface area contributed by atoms with E-state index in [1.165, 1.54) is 0 Å². The molecule has 3 nitrogen and oxygen atoms in total. The van der Waals surface area contributed by atoms with Crippen molar-refractivity contribution in [2.75, 3.05) is 5.73 Å². The smallest absolute Gasteiger partial charge is 0.256 e. The Hall–Kier alpha value is -1.42. The topological polar surface area (TPSA) is 52.0 Å². The van der Waals surface area contributed by atoms with Gasteiger partial charge in [0.1, 0.15) is 5.76 Å². The number of nitrogen functional groups attached to an aromatic ring is 1. The molecule has 1 heterocycles. The standard InChI is InChI=1S/C12H14N2OS/c1-8-9(2)15-12(14-8)16-7-10-5-3-4-6-11(10)13/h3-6H,7,13H2,1-2H3. The lowest BCUT2D eigenvalue weighted by Gasteiger charge is -2.02. The molecule has 1 aromatic heterocycles. The monoisotopic (exact) mass is 234 g/mol. The number of rotatable bonds is 3. The van der Waals surface area contributed by atoms with Gasteiger partial charge < -0.3 is 10.2 Å². The number of hydrogen-bond donors (Lipinski definition) is 1. The summed E-state index contributed by atoms with van der Waals surface area (Å²) in [6, 6.07) is 7.84. The second-order valence-corrected chi connectivity index (χ2v) is 4.54. The maximum absolute atomic E-state index is 5.86. The molecular weight excluding hydrogens is 220 g/mol. The van der Waals surface area contributed by atoms with Gasteiger partial charge in [0.05, 0.1) is 5.69 Å². The van der Waals surface area contributed by atoms with Crippen molar-refractivity contribution in [1.82, 2.24) is 4.98 Å². The van der Waals surface area contributed by atoms with E-state index in [1.807, 2.05) is 38.1 Å². The number of nitrogens with zero attached hydrogens (tertiary/aromatic N) is 1. The van der Waals surface area contributed by atoms with E-state index in [1.54, 1.807) is 11.8 Å². The number of para-hydroxylation sites is 1. The molecule has 0 saturated heterocycles. The Bertz CT molecular complexity index is 474.